The van der Waals surface area contributed by atoms with Crippen LogP contribution >= 0.6 is 0 Å². The van der Waals surface area contributed by atoms with Crippen molar-refractivity contribution in [3.05, 3.63) is 58.7 Å². The summed E-state index contributed by atoms with van der Waals surface area (Å²) < 4.78 is 80.4. The Hall–Kier alpha value is -2.71. The molecule has 0 saturated carbocycles. The molecule has 0 spiro atoms. The standard InChI is InChI=1S/C16H10F6O3/c1-8-2-3-10(16(20,21)22)7-13(8)25-14(24)11-5-4-9(6-12(11)23)15(17,18)19/h2-7,23H,1H3. The molecule has 0 aromatic heterocycles. The van der Waals surface area contributed by atoms with Gasteiger partial charge in [-0.25, -0.2) is 4.79 Å². The van der Waals surface area contributed by atoms with Gasteiger partial charge in [-0.05, 0) is 42.8 Å². The highest BCUT2D eigenvalue weighted by molar-refractivity contribution is 5.94. The van der Waals surface area contributed by atoms with Crippen molar-refractivity contribution in [2.75, 3.05) is 0 Å². The predicted octanol–water partition coefficient (Wildman–Crippen LogP) is 4.96. The predicted molar refractivity (Wildman–Crippen MR) is 74.2 cm³/mol. The number of esters is 1. The number of hydrogen-bond donors (Lipinski definition) is 1. The first kappa shape index (κ1) is 18.6. The Morgan fingerprint density at radius 1 is 0.920 bits per heavy atom. The van der Waals surface area contributed by atoms with E-state index < -0.39 is 46.5 Å². The van der Waals surface area contributed by atoms with E-state index in [4.69, 9.17) is 4.74 Å². The maximum Gasteiger partial charge on any atom is 0.416 e. The Bertz CT molecular complexity index is 808. The number of ether oxygens (including phenoxy) is 1. The molecule has 0 unspecified atom stereocenters. The number of benzene rings is 2. The van der Waals surface area contributed by atoms with Crippen LogP contribution in [-0.2, 0) is 12.4 Å². The van der Waals surface area contributed by atoms with Crippen LogP contribution in [0, 0.1) is 6.92 Å². The van der Waals surface area contributed by atoms with E-state index in [1.807, 2.05) is 0 Å². The summed E-state index contributed by atoms with van der Waals surface area (Å²) in [5.74, 6) is -2.70. The minimum atomic E-state index is -4.72. The van der Waals surface area contributed by atoms with Crippen molar-refractivity contribution in [2.24, 2.45) is 0 Å². The third-order valence-electron chi connectivity index (χ3n) is 3.26. The lowest BCUT2D eigenvalue weighted by atomic mass is 10.1. The van der Waals surface area contributed by atoms with Crippen molar-refractivity contribution in [3.63, 3.8) is 0 Å². The fourth-order valence-electron chi connectivity index (χ4n) is 1.92. The molecule has 0 fully saturated rings. The van der Waals surface area contributed by atoms with Gasteiger partial charge >= 0.3 is 18.3 Å². The summed E-state index contributed by atoms with van der Waals surface area (Å²) >= 11 is 0. The summed E-state index contributed by atoms with van der Waals surface area (Å²) in [5.41, 5.74) is -2.65. The number of phenolic OH excluding ortho intramolecular Hbond substituents is 1. The van der Waals surface area contributed by atoms with Crippen LogP contribution in [0.5, 0.6) is 11.5 Å². The van der Waals surface area contributed by atoms with Gasteiger partial charge in [0.2, 0.25) is 0 Å². The van der Waals surface area contributed by atoms with Gasteiger partial charge < -0.3 is 9.84 Å². The van der Waals surface area contributed by atoms with Gasteiger partial charge in [-0.1, -0.05) is 6.07 Å². The monoisotopic (exact) mass is 364 g/mol. The molecule has 0 aliphatic carbocycles. The smallest absolute Gasteiger partial charge is 0.416 e. The van der Waals surface area contributed by atoms with E-state index in [1.165, 1.54) is 6.92 Å². The first-order chi connectivity index (χ1) is 11.4. The summed E-state index contributed by atoms with van der Waals surface area (Å²) in [6, 6.07) is 4.03. The quantitative estimate of drug-likeness (QED) is 0.466. The molecule has 9 heteroatoms. The van der Waals surface area contributed by atoms with Gasteiger partial charge in [0.25, 0.3) is 0 Å². The summed E-state index contributed by atoms with van der Waals surface area (Å²) in [5, 5.41) is 9.58. The molecule has 0 radical (unpaired) electrons. The maximum absolute atomic E-state index is 12.7. The van der Waals surface area contributed by atoms with E-state index >= 15 is 0 Å². The molecule has 2 aromatic rings. The molecule has 0 atom stereocenters. The molecule has 3 nitrogen and oxygen atoms in total. The lowest BCUT2D eigenvalue weighted by Crippen LogP contribution is -2.12. The zero-order chi connectivity index (χ0) is 19.0. The molecule has 0 amide bonds. The number of rotatable bonds is 2. The zero-order valence-electron chi connectivity index (χ0n) is 12.5. The van der Waals surface area contributed by atoms with Crippen LogP contribution in [-0.4, -0.2) is 11.1 Å². The molecule has 0 aliphatic rings. The number of phenols is 1. The fourth-order valence-corrected chi connectivity index (χ4v) is 1.92. The number of alkyl halides is 6. The molecule has 0 aliphatic heterocycles. The number of hydrogen-bond acceptors (Lipinski definition) is 3. The molecular formula is C16H10F6O3. The largest absolute Gasteiger partial charge is 0.507 e. The van der Waals surface area contributed by atoms with Gasteiger partial charge in [0.05, 0.1) is 11.1 Å². The van der Waals surface area contributed by atoms with E-state index in [0.717, 1.165) is 12.1 Å². The number of halogens is 6. The van der Waals surface area contributed by atoms with Gasteiger partial charge in [-0.2, -0.15) is 26.3 Å². The number of aromatic hydroxyl groups is 1. The minimum Gasteiger partial charge on any atom is -0.507 e. The van der Waals surface area contributed by atoms with E-state index in [9.17, 15) is 36.2 Å². The summed E-state index contributed by atoms with van der Waals surface area (Å²) in [6.45, 7) is 1.38. The van der Waals surface area contributed by atoms with Crippen LogP contribution in [0.1, 0.15) is 27.0 Å². The second-order valence-corrected chi connectivity index (χ2v) is 5.10. The van der Waals surface area contributed by atoms with Gasteiger partial charge in [-0.15, -0.1) is 0 Å². The molecule has 0 bridgehead atoms. The third kappa shape index (κ3) is 4.23. The van der Waals surface area contributed by atoms with Crippen molar-refractivity contribution >= 4 is 5.97 Å². The van der Waals surface area contributed by atoms with E-state index in [-0.39, 0.29) is 5.56 Å². The highest BCUT2D eigenvalue weighted by Gasteiger charge is 2.33. The Labute approximate surface area is 137 Å². The van der Waals surface area contributed by atoms with E-state index in [1.54, 1.807) is 0 Å². The van der Waals surface area contributed by atoms with E-state index in [2.05, 4.69) is 0 Å². The van der Waals surface area contributed by atoms with Crippen molar-refractivity contribution in [2.45, 2.75) is 19.3 Å². The Morgan fingerprint density at radius 3 is 1.96 bits per heavy atom. The number of carbonyl (C=O) groups is 1. The average Bonchev–Trinajstić information content (AvgIpc) is 2.47. The summed E-state index contributed by atoms with van der Waals surface area (Å²) in [7, 11) is 0. The van der Waals surface area contributed by atoms with Gasteiger partial charge in [0.15, 0.2) is 0 Å². The molecule has 0 heterocycles. The topological polar surface area (TPSA) is 46.5 Å². The molecule has 25 heavy (non-hydrogen) atoms. The van der Waals surface area contributed by atoms with Crippen LogP contribution in [0.4, 0.5) is 26.3 Å². The maximum atomic E-state index is 12.7. The molecule has 0 saturated heterocycles. The SMILES string of the molecule is Cc1ccc(C(F)(F)F)cc1OC(=O)c1ccc(C(F)(F)F)cc1O. The highest BCUT2D eigenvalue weighted by Crippen LogP contribution is 2.35. The highest BCUT2D eigenvalue weighted by atomic mass is 19.4. The second kappa shape index (κ2) is 6.30. The van der Waals surface area contributed by atoms with Crippen molar-refractivity contribution in [3.8, 4) is 11.5 Å². The summed E-state index contributed by atoms with van der Waals surface area (Å²) in [4.78, 5) is 12.0. The van der Waals surface area contributed by atoms with Gasteiger partial charge in [0, 0.05) is 0 Å². The van der Waals surface area contributed by atoms with Crippen molar-refractivity contribution < 1.29 is 41.0 Å². The molecular weight excluding hydrogens is 354 g/mol. The molecule has 134 valence electrons. The van der Waals surface area contributed by atoms with Crippen LogP contribution in [0.25, 0.3) is 0 Å². The molecule has 2 rings (SSSR count). The second-order valence-electron chi connectivity index (χ2n) is 5.10. The Kier molecular flexibility index (Phi) is 4.70. The van der Waals surface area contributed by atoms with Crippen LogP contribution < -0.4 is 4.74 Å². The minimum absolute atomic E-state index is 0.202. The average molecular weight is 364 g/mol. The first-order valence-electron chi connectivity index (χ1n) is 6.70. The molecule has 1 N–H and O–H groups in total. The van der Waals surface area contributed by atoms with Gasteiger partial charge in [-0.3, -0.25) is 0 Å². The lowest BCUT2D eigenvalue weighted by molar-refractivity contribution is -0.138. The lowest BCUT2D eigenvalue weighted by Gasteiger charge is -2.13. The number of aryl methyl sites for hydroxylation is 1. The van der Waals surface area contributed by atoms with Crippen molar-refractivity contribution in [1.29, 1.82) is 0 Å². The Morgan fingerprint density at radius 2 is 1.44 bits per heavy atom. The third-order valence-corrected chi connectivity index (χ3v) is 3.26. The van der Waals surface area contributed by atoms with Crippen LogP contribution in [0.3, 0.4) is 0 Å². The Balaban J connectivity index is 2.32. The van der Waals surface area contributed by atoms with Crippen LogP contribution in [0.2, 0.25) is 0 Å². The fraction of sp³-hybridized carbons (Fsp3) is 0.188. The summed E-state index contributed by atoms with van der Waals surface area (Å²) in [6.07, 6.45) is -9.39. The first-order valence-corrected chi connectivity index (χ1v) is 6.70. The number of carbonyl (C=O) groups excluding carboxylic acids is 1. The molecule has 2 aromatic carbocycles. The zero-order valence-corrected chi connectivity index (χ0v) is 12.5. The van der Waals surface area contributed by atoms with Crippen LogP contribution in [0.15, 0.2) is 36.4 Å². The van der Waals surface area contributed by atoms with Crippen molar-refractivity contribution in [1.82, 2.24) is 0 Å². The normalized spacial score (nSPS) is 12.1. The van der Waals surface area contributed by atoms with E-state index in [0.29, 0.717) is 24.3 Å². The van der Waals surface area contributed by atoms with Gasteiger partial charge in [0.1, 0.15) is 17.1 Å².